The summed E-state index contributed by atoms with van der Waals surface area (Å²) in [6, 6.07) is 2.08. The lowest BCUT2D eigenvalue weighted by molar-refractivity contribution is -0.134. The van der Waals surface area contributed by atoms with Gasteiger partial charge in [-0.25, -0.2) is 0 Å². The maximum atomic E-state index is 11.5. The van der Waals surface area contributed by atoms with Crippen molar-refractivity contribution < 1.29 is 35.5 Å². The molecule has 116 valence electrons. The van der Waals surface area contributed by atoms with Crippen LogP contribution in [0.3, 0.4) is 0 Å². The molecule has 2 N–H and O–H groups in total. The summed E-state index contributed by atoms with van der Waals surface area (Å²) in [5.41, 5.74) is 0. The normalized spacial score (nSPS) is 11.9. The summed E-state index contributed by atoms with van der Waals surface area (Å²) < 4.78 is 66.9. The molecule has 0 aliphatic carbocycles. The minimum Gasteiger partial charge on any atom is -0.425 e. The highest BCUT2D eigenvalue weighted by Crippen LogP contribution is 2.27. The van der Waals surface area contributed by atoms with Crippen LogP contribution in [0, 0.1) is 0 Å². The van der Waals surface area contributed by atoms with Crippen LogP contribution < -0.4 is 4.74 Å². The monoisotopic (exact) mass is 336 g/mol. The summed E-state index contributed by atoms with van der Waals surface area (Å²) in [4.78, 5) is 9.98. The predicted octanol–water partition coefficient (Wildman–Crippen LogP) is 1.05. The van der Waals surface area contributed by atoms with Gasteiger partial charge in [-0.05, 0) is 18.6 Å². The number of carbonyl (C=O) groups excluding carboxylic acids is 1. The Labute approximate surface area is 121 Å². The van der Waals surface area contributed by atoms with Gasteiger partial charge in [-0.2, -0.15) is 16.8 Å². The van der Waals surface area contributed by atoms with E-state index in [1.54, 1.807) is 0 Å². The molecule has 0 saturated carbocycles. The fourth-order valence-corrected chi connectivity index (χ4v) is 2.43. The zero-order chi connectivity index (χ0) is 16.3. The first-order valence-electron chi connectivity index (χ1n) is 5.46. The second kappa shape index (κ2) is 6.35. The lowest BCUT2D eigenvalue weighted by Crippen LogP contribution is -2.11. The van der Waals surface area contributed by atoms with Crippen LogP contribution in [-0.4, -0.2) is 31.9 Å². The molecule has 0 unspecified atom stereocenters. The molecular formula is C11H12O8S2. The molecule has 1 rings (SSSR count). The number of rotatable bonds is 6. The van der Waals surface area contributed by atoms with E-state index in [2.05, 4.69) is 6.58 Å². The van der Waals surface area contributed by atoms with Crippen molar-refractivity contribution in [3.8, 4) is 5.75 Å². The number of ether oxygens (including phenoxy) is 1. The minimum atomic E-state index is -4.74. The van der Waals surface area contributed by atoms with Crippen LogP contribution in [0.15, 0.2) is 40.6 Å². The molecule has 0 amide bonds. The Morgan fingerprint density at radius 1 is 1.19 bits per heavy atom. The van der Waals surface area contributed by atoms with Crippen molar-refractivity contribution in [1.29, 1.82) is 0 Å². The van der Waals surface area contributed by atoms with E-state index in [9.17, 15) is 21.6 Å². The summed E-state index contributed by atoms with van der Waals surface area (Å²) in [5, 5.41) is 0. The average Bonchev–Trinajstić information content (AvgIpc) is 2.33. The van der Waals surface area contributed by atoms with Gasteiger partial charge in [-0.15, -0.1) is 6.58 Å². The fraction of sp³-hybridized carbons (Fsp3) is 0.182. The Morgan fingerprint density at radius 3 is 2.29 bits per heavy atom. The van der Waals surface area contributed by atoms with Gasteiger partial charge in [0, 0.05) is 12.5 Å². The number of esters is 1. The Bertz CT molecular complexity index is 761. The molecule has 0 bridgehead atoms. The molecule has 21 heavy (non-hydrogen) atoms. The maximum Gasteiger partial charge on any atom is 0.311 e. The Kier molecular flexibility index (Phi) is 5.23. The van der Waals surface area contributed by atoms with Gasteiger partial charge < -0.3 is 4.74 Å². The highest BCUT2D eigenvalue weighted by molar-refractivity contribution is 7.86. The molecule has 0 fully saturated rings. The lowest BCUT2D eigenvalue weighted by atomic mass is 10.3. The molecule has 0 heterocycles. The van der Waals surface area contributed by atoms with Crippen LogP contribution >= 0.6 is 0 Å². The van der Waals surface area contributed by atoms with Crippen LogP contribution in [0.2, 0.25) is 0 Å². The van der Waals surface area contributed by atoms with Gasteiger partial charge in [-0.1, -0.05) is 6.08 Å². The molecular weight excluding hydrogens is 324 g/mol. The Hall–Kier alpha value is -1.75. The number of allylic oxidation sites excluding steroid dienone is 1. The number of benzene rings is 1. The topological polar surface area (TPSA) is 135 Å². The van der Waals surface area contributed by atoms with E-state index in [0.29, 0.717) is 12.1 Å². The molecule has 1 aromatic rings. The van der Waals surface area contributed by atoms with E-state index >= 15 is 0 Å². The quantitative estimate of drug-likeness (QED) is 0.340. The van der Waals surface area contributed by atoms with Crippen LogP contribution in [0.1, 0.15) is 12.8 Å². The summed E-state index contributed by atoms with van der Waals surface area (Å²) in [7, 11) is -9.36. The van der Waals surface area contributed by atoms with Gasteiger partial charge >= 0.3 is 5.97 Å². The zero-order valence-corrected chi connectivity index (χ0v) is 12.2. The van der Waals surface area contributed by atoms with Crippen molar-refractivity contribution in [2.75, 3.05) is 0 Å². The molecule has 0 aliphatic rings. The van der Waals surface area contributed by atoms with E-state index < -0.39 is 41.7 Å². The second-order valence-corrected chi connectivity index (χ2v) is 6.67. The molecule has 0 aromatic heterocycles. The molecule has 0 atom stereocenters. The molecule has 1 aromatic carbocycles. The first-order valence-corrected chi connectivity index (χ1v) is 8.34. The second-order valence-electron chi connectivity index (χ2n) is 3.86. The van der Waals surface area contributed by atoms with Crippen molar-refractivity contribution in [3.05, 3.63) is 30.9 Å². The number of hydrogen-bond acceptors (Lipinski definition) is 6. The Morgan fingerprint density at radius 2 is 1.81 bits per heavy atom. The van der Waals surface area contributed by atoms with Crippen molar-refractivity contribution in [1.82, 2.24) is 0 Å². The van der Waals surface area contributed by atoms with E-state index in [1.165, 1.54) is 6.08 Å². The van der Waals surface area contributed by atoms with Crippen LogP contribution in [0.25, 0.3) is 0 Å². The average molecular weight is 336 g/mol. The third kappa shape index (κ3) is 4.93. The van der Waals surface area contributed by atoms with Crippen molar-refractivity contribution >= 4 is 26.2 Å². The minimum absolute atomic E-state index is 0.121. The molecule has 0 aliphatic heterocycles. The molecule has 10 heteroatoms. The third-order valence-corrected chi connectivity index (χ3v) is 4.01. The van der Waals surface area contributed by atoms with Crippen molar-refractivity contribution in [3.63, 3.8) is 0 Å². The van der Waals surface area contributed by atoms with E-state index in [1.807, 2.05) is 0 Å². The highest BCUT2D eigenvalue weighted by Gasteiger charge is 2.22. The molecule has 0 saturated heterocycles. The van der Waals surface area contributed by atoms with E-state index in [0.717, 1.165) is 6.07 Å². The lowest BCUT2D eigenvalue weighted by Gasteiger charge is -2.09. The van der Waals surface area contributed by atoms with E-state index in [-0.39, 0.29) is 12.8 Å². The van der Waals surface area contributed by atoms with Gasteiger partial charge in [-0.3, -0.25) is 13.9 Å². The van der Waals surface area contributed by atoms with Gasteiger partial charge in [0.1, 0.15) is 4.90 Å². The Balaban J connectivity index is 3.30. The number of carbonyl (C=O) groups is 1. The van der Waals surface area contributed by atoms with Gasteiger partial charge in [0.25, 0.3) is 20.2 Å². The first-order chi connectivity index (χ1) is 9.55. The maximum absolute atomic E-state index is 11.5. The van der Waals surface area contributed by atoms with Crippen LogP contribution in [0.5, 0.6) is 5.75 Å². The predicted molar refractivity (Wildman–Crippen MR) is 71.1 cm³/mol. The summed E-state index contributed by atoms with van der Waals surface area (Å²) in [6.45, 7) is 3.39. The first kappa shape index (κ1) is 17.3. The standard InChI is InChI=1S/C11H12O8S2/c1-2-3-4-11(12)19-9-7-8(20(13,14)15)5-6-10(9)21(16,17)18/h2,5-7H,1,3-4H2,(H,13,14,15)(H,16,17,18). The third-order valence-electron chi connectivity index (χ3n) is 2.27. The van der Waals surface area contributed by atoms with Gasteiger partial charge in [0.05, 0.1) is 4.90 Å². The molecule has 8 nitrogen and oxygen atoms in total. The van der Waals surface area contributed by atoms with Crippen LogP contribution in [-0.2, 0) is 25.0 Å². The van der Waals surface area contributed by atoms with Crippen LogP contribution in [0.4, 0.5) is 0 Å². The SMILES string of the molecule is C=CCCC(=O)Oc1cc(S(=O)(=O)O)ccc1S(=O)(=O)O. The van der Waals surface area contributed by atoms with Gasteiger partial charge in [0.2, 0.25) is 0 Å². The molecule has 0 radical (unpaired) electrons. The summed E-state index contributed by atoms with van der Waals surface area (Å²) >= 11 is 0. The summed E-state index contributed by atoms with van der Waals surface area (Å²) in [5.74, 6) is -1.55. The van der Waals surface area contributed by atoms with Gasteiger partial charge in [0.15, 0.2) is 5.75 Å². The highest BCUT2D eigenvalue weighted by atomic mass is 32.2. The largest absolute Gasteiger partial charge is 0.425 e. The fourth-order valence-electron chi connectivity index (χ4n) is 1.34. The number of hydrogen-bond donors (Lipinski definition) is 2. The van der Waals surface area contributed by atoms with Crippen molar-refractivity contribution in [2.24, 2.45) is 0 Å². The zero-order valence-electron chi connectivity index (χ0n) is 10.6. The van der Waals surface area contributed by atoms with E-state index in [4.69, 9.17) is 13.8 Å². The smallest absolute Gasteiger partial charge is 0.311 e. The van der Waals surface area contributed by atoms with Crippen molar-refractivity contribution in [2.45, 2.75) is 22.6 Å². The summed E-state index contributed by atoms with van der Waals surface area (Å²) in [6.07, 6.45) is 1.57. The molecule has 0 spiro atoms.